The van der Waals surface area contributed by atoms with Crippen molar-refractivity contribution in [3.63, 3.8) is 0 Å². The Hall–Kier alpha value is -4.86. The van der Waals surface area contributed by atoms with Gasteiger partial charge in [0.05, 0.1) is 17.3 Å². The van der Waals surface area contributed by atoms with E-state index in [-0.39, 0.29) is 31.5 Å². The number of carbonyl (C=O) groups is 1. The van der Waals surface area contributed by atoms with Crippen LogP contribution in [0.15, 0.2) is 72.0 Å². The van der Waals surface area contributed by atoms with Gasteiger partial charge in [-0.3, -0.25) is 4.90 Å². The van der Waals surface area contributed by atoms with E-state index >= 15 is 0 Å². The lowest BCUT2D eigenvalue weighted by Gasteiger charge is -2.40. The van der Waals surface area contributed by atoms with Crippen molar-refractivity contribution in [1.82, 2.24) is 24.6 Å². The number of hydrogen-bond acceptors (Lipinski definition) is 9. The summed E-state index contributed by atoms with van der Waals surface area (Å²) in [5.41, 5.74) is 4.08. The molecule has 2 fully saturated rings. The van der Waals surface area contributed by atoms with Crippen LogP contribution in [0.3, 0.4) is 0 Å². The Morgan fingerprint density at radius 1 is 1.06 bits per heavy atom. The Kier molecular flexibility index (Phi) is 9.17. The van der Waals surface area contributed by atoms with Gasteiger partial charge in [0.15, 0.2) is 11.4 Å². The highest BCUT2D eigenvalue weighted by Crippen LogP contribution is 2.42. The van der Waals surface area contributed by atoms with Gasteiger partial charge in [-0.15, -0.1) is 0 Å². The molecule has 3 aromatic carbocycles. The molecule has 50 heavy (non-hydrogen) atoms. The predicted octanol–water partition coefficient (Wildman–Crippen LogP) is 7.21. The molecular formula is C38H39N7O4S. The minimum atomic E-state index is -0.399. The fourth-order valence-electron chi connectivity index (χ4n) is 7.49. The summed E-state index contributed by atoms with van der Waals surface area (Å²) in [6.45, 7) is 10.2. The van der Waals surface area contributed by atoms with E-state index in [0.717, 1.165) is 82.9 Å². The van der Waals surface area contributed by atoms with Crippen molar-refractivity contribution in [1.29, 1.82) is 0 Å². The largest absolute Gasteiger partial charge is 0.469 e. The van der Waals surface area contributed by atoms with Gasteiger partial charge in [0.25, 0.3) is 0 Å². The van der Waals surface area contributed by atoms with Crippen molar-refractivity contribution in [2.45, 2.75) is 62.2 Å². The number of piperazine rings is 1. The monoisotopic (exact) mass is 689 g/mol. The number of anilines is 1. The van der Waals surface area contributed by atoms with Crippen LogP contribution in [0, 0.1) is 6.57 Å². The summed E-state index contributed by atoms with van der Waals surface area (Å²) in [4.78, 5) is 30.6. The van der Waals surface area contributed by atoms with Crippen molar-refractivity contribution in [3.05, 3.63) is 95.0 Å². The van der Waals surface area contributed by atoms with Crippen LogP contribution in [0.25, 0.3) is 26.5 Å². The molecule has 0 radical (unpaired) electrons. The molecule has 0 spiro atoms. The van der Waals surface area contributed by atoms with E-state index < -0.39 is 6.09 Å². The molecule has 256 valence electrons. The summed E-state index contributed by atoms with van der Waals surface area (Å²) in [7, 11) is 0. The van der Waals surface area contributed by atoms with E-state index in [1.54, 1.807) is 4.90 Å². The lowest BCUT2D eigenvalue weighted by atomic mass is 9.93. The molecule has 2 aromatic heterocycles. The Morgan fingerprint density at radius 3 is 2.78 bits per heavy atom. The zero-order valence-corrected chi connectivity index (χ0v) is 28.8. The first kappa shape index (κ1) is 32.4. The lowest BCUT2D eigenvalue weighted by molar-refractivity contribution is -0.0366. The second-order valence-corrected chi connectivity index (χ2v) is 13.8. The van der Waals surface area contributed by atoms with E-state index in [1.807, 2.05) is 47.5 Å². The number of aromatic nitrogens is 4. The summed E-state index contributed by atoms with van der Waals surface area (Å²) in [6, 6.07) is 20.0. The van der Waals surface area contributed by atoms with Gasteiger partial charge in [0, 0.05) is 37.2 Å². The third-order valence-corrected chi connectivity index (χ3v) is 10.5. The molecule has 0 saturated carbocycles. The maximum Gasteiger partial charge on any atom is 0.410 e. The second-order valence-electron chi connectivity index (χ2n) is 13.0. The van der Waals surface area contributed by atoms with Crippen molar-refractivity contribution >= 4 is 45.3 Å². The molecular weight excluding hydrogens is 651 g/mol. The summed E-state index contributed by atoms with van der Waals surface area (Å²) in [6.07, 6.45) is 7.98. The summed E-state index contributed by atoms with van der Waals surface area (Å²) < 4.78 is 20.6. The average molecular weight is 690 g/mol. The normalized spacial score (nSPS) is 20.7. The van der Waals surface area contributed by atoms with Crippen molar-refractivity contribution in [2.75, 3.05) is 43.9 Å². The number of rotatable bonds is 7. The van der Waals surface area contributed by atoms with E-state index in [2.05, 4.69) is 40.1 Å². The quantitative estimate of drug-likeness (QED) is 0.0997. The molecule has 8 rings (SSSR count). The van der Waals surface area contributed by atoms with Gasteiger partial charge < -0.3 is 24.0 Å². The maximum atomic E-state index is 13.2. The van der Waals surface area contributed by atoms with E-state index in [4.69, 9.17) is 35.8 Å². The summed E-state index contributed by atoms with van der Waals surface area (Å²) in [5, 5.41) is 8.83. The molecule has 2 saturated heterocycles. The van der Waals surface area contributed by atoms with Crippen molar-refractivity contribution in [2.24, 2.45) is 0 Å². The zero-order chi connectivity index (χ0) is 34.0. The van der Waals surface area contributed by atoms with E-state index in [1.165, 1.54) is 11.8 Å². The molecule has 3 aliphatic rings. The Labute approximate surface area is 295 Å². The van der Waals surface area contributed by atoms with Crippen LogP contribution in [0.2, 0.25) is 0 Å². The topological polar surface area (TPSA) is 99.2 Å². The van der Waals surface area contributed by atoms with Gasteiger partial charge in [-0.25, -0.2) is 21.0 Å². The minimum Gasteiger partial charge on any atom is -0.469 e. The second kappa shape index (κ2) is 14.2. The summed E-state index contributed by atoms with van der Waals surface area (Å²) >= 11 is 1.47. The number of fused-ring (bicyclic) bond motifs is 4. The molecule has 3 atom stereocenters. The fraction of sp³-hybridized carbons (Fsp3) is 0.395. The lowest BCUT2D eigenvalue weighted by Crippen LogP contribution is -2.57. The van der Waals surface area contributed by atoms with Gasteiger partial charge in [0.2, 0.25) is 12.4 Å². The van der Waals surface area contributed by atoms with Gasteiger partial charge in [-0.05, 0) is 60.8 Å². The van der Waals surface area contributed by atoms with Gasteiger partial charge >= 0.3 is 6.09 Å². The van der Waals surface area contributed by atoms with Crippen molar-refractivity contribution < 1.29 is 19.0 Å². The molecule has 0 aliphatic carbocycles. The predicted molar refractivity (Wildman–Crippen MR) is 192 cm³/mol. The van der Waals surface area contributed by atoms with Crippen LogP contribution in [0.5, 0.6) is 5.88 Å². The third-order valence-electron chi connectivity index (χ3n) is 9.97. The van der Waals surface area contributed by atoms with Crippen LogP contribution >= 0.6 is 11.8 Å². The summed E-state index contributed by atoms with van der Waals surface area (Å²) in [5.74, 6) is 1.41. The van der Waals surface area contributed by atoms with Crippen molar-refractivity contribution in [3.8, 4) is 5.88 Å². The molecule has 12 heteroatoms. The SMILES string of the molecule is [C-]#[N+]C[C@H]1CN(c2nc(SC)nc3c2CCC(c2cccc4ccc5c(cnn5C5CCCCO5)c24)O3)CCN1C(=O)OCc1ccccc1. The number of benzene rings is 3. The third kappa shape index (κ3) is 6.20. The highest BCUT2D eigenvalue weighted by atomic mass is 32.2. The molecule has 0 N–H and O–H groups in total. The zero-order valence-electron chi connectivity index (χ0n) is 28.0. The molecule has 3 aliphatic heterocycles. The molecule has 5 aromatic rings. The van der Waals surface area contributed by atoms with Crippen LogP contribution in [0.4, 0.5) is 10.6 Å². The number of hydrogen-bond donors (Lipinski definition) is 0. The van der Waals surface area contributed by atoms with E-state index in [9.17, 15) is 4.79 Å². The minimum absolute atomic E-state index is 0.0417. The highest BCUT2D eigenvalue weighted by molar-refractivity contribution is 7.98. The number of carbonyl (C=O) groups excluding carboxylic acids is 1. The number of amides is 1. The van der Waals surface area contributed by atoms with Crippen LogP contribution in [-0.2, 0) is 22.5 Å². The van der Waals surface area contributed by atoms with Crippen LogP contribution < -0.4 is 9.64 Å². The molecule has 0 bridgehead atoms. The molecule has 5 heterocycles. The Morgan fingerprint density at radius 2 is 1.96 bits per heavy atom. The highest BCUT2D eigenvalue weighted by Gasteiger charge is 2.37. The Bertz CT molecular complexity index is 2060. The maximum absolute atomic E-state index is 13.2. The van der Waals surface area contributed by atoms with Gasteiger partial charge in [0.1, 0.15) is 24.6 Å². The van der Waals surface area contributed by atoms with Gasteiger partial charge in [-0.1, -0.05) is 66.4 Å². The smallest absolute Gasteiger partial charge is 0.410 e. The fourth-order valence-corrected chi connectivity index (χ4v) is 7.85. The Balaban J connectivity index is 1.06. The first-order valence-electron chi connectivity index (χ1n) is 17.3. The van der Waals surface area contributed by atoms with Gasteiger partial charge in [-0.2, -0.15) is 10.1 Å². The number of ether oxygens (including phenoxy) is 3. The number of nitrogens with zero attached hydrogens (tertiary/aromatic N) is 7. The molecule has 2 unspecified atom stereocenters. The van der Waals surface area contributed by atoms with Crippen LogP contribution in [-0.4, -0.2) is 75.8 Å². The first-order chi connectivity index (χ1) is 24.6. The first-order valence-corrected chi connectivity index (χ1v) is 18.5. The standard InChI is InChI=1S/C38H39N7O4S/c1-39-21-27-23-43(18-19-44(27)38(46)48-24-25-9-4-3-5-10-25)35-29-15-17-32(49-36(29)42-37(41-35)50-2)28-12-8-11-26-14-16-31-30(34(26)28)22-40-45(31)33-13-6-7-20-47-33/h3-5,8-12,14,16,22,27,32-33H,6-7,13,15,17-21,23-24H2,2H3/t27-,32?,33?/m0/s1. The van der Waals surface area contributed by atoms with E-state index in [0.29, 0.717) is 30.7 Å². The average Bonchev–Trinajstić information content (AvgIpc) is 3.61. The number of thioether (sulfide) groups is 1. The molecule has 1 amide bonds. The molecule has 11 nitrogen and oxygen atoms in total. The van der Waals surface area contributed by atoms with Crippen LogP contribution in [0.1, 0.15) is 54.7 Å².